The van der Waals surface area contributed by atoms with Gasteiger partial charge in [0.1, 0.15) is 0 Å². The van der Waals surface area contributed by atoms with E-state index in [4.69, 9.17) is 11.0 Å². The first-order valence-corrected chi connectivity index (χ1v) is 3.77. The van der Waals surface area contributed by atoms with Crippen LogP contribution in [0.1, 0.15) is 21.5 Å². The van der Waals surface area contributed by atoms with Crippen molar-refractivity contribution in [3.63, 3.8) is 0 Å². The number of hydrogen-bond acceptors (Lipinski definition) is 2. The third kappa shape index (κ3) is 2.26. The molecule has 1 aromatic rings. The molecule has 15 heavy (non-hydrogen) atoms. The summed E-state index contributed by atoms with van der Waals surface area (Å²) >= 11 is 0. The first-order chi connectivity index (χ1) is 6.86. The van der Waals surface area contributed by atoms with E-state index in [1.807, 2.05) is 0 Å². The van der Waals surface area contributed by atoms with Crippen LogP contribution in [-0.4, -0.2) is 5.91 Å². The first kappa shape index (κ1) is 11.0. The lowest BCUT2D eigenvalue weighted by molar-refractivity contribution is -0.137. The van der Waals surface area contributed by atoms with Crippen molar-refractivity contribution in [2.75, 3.05) is 0 Å². The molecule has 0 atom stereocenters. The number of primary amides is 1. The summed E-state index contributed by atoms with van der Waals surface area (Å²) in [5.74, 6) is -0.875. The van der Waals surface area contributed by atoms with Gasteiger partial charge in [-0.25, -0.2) is 0 Å². The van der Waals surface area contributed by atoms with Crippen molar-refractivity contribution in [1.29, 1.82) is 5.26 Å². The summed E-state index contributed by atoms with van der Waals surface area (Å²) in [5, 5.41) is 8.49. The number of nitriles is 1. The number of carbonyl (C=O) groups excluding carboxylic acids is 1. The normalized spacial score (nSPS) is 10.8. The second kappa shape index (κ2) is 3.61. The van der Waals surface area contributed by atoms with E-state index in [0.717, 1.165) is 12.1 Å². The largest absolute Gasteiger partial charge is 0.417 e. The van der Waals surface area contributed by atoms with Gasteiger partial charge in [0, 0.05) is 5.56 Å². The van der Waals surface area contributed by atoms with Crippen LogP contribution in [-0.2, 0) is 6.18 Å². The van der Waals surface area contributed by atoms with E-state index in [0.29, 0.717) is 6.07 Å². The van der Waals surface area contributed by atoms with Crippen LogP contribution in [0.25, 0.3) is 0 Å². The van der Waals surface area contributed by atoms with Crippen LogP contribution in [0.2, 0.25) is 0 Å². The monoisotopic (exact) mass is 214 g/mol. The predicted octanol–water partition coefficient (Wildman–Crippen LogP) is 1.68. The standard InChI is InChI=1S/C9H5F3N2O/c10-9(11,12)7-2-1-5(8(14)15)3-6(7)4-13/h1-3H,(H2,14,15). The van der Waals surface area contributed by atoms with Gasteiger partial charge in [-0.3, -0.25) is 4.79 Å². The molecule has 0 heterocycles. The second-order valence-corrected chi connectivity index (χ2v) is 2.73. The van der Waals surface area contributed by atoms with Crippen molar-refractivity contribution in [1.82, 2.24) is 0 Å². The lowest BCUT2D eigenvalue weighted by atomic mass is 10.0. The van der Waals surface area contributed by atoms with Crippen molar-refractivity contribution in [2.45, 2.75) is 6.18 Å². The van der Waals surface area contributed by atoms with Gasteiger partial charge in [-0.1, -0.05) is 0 Å². The van der Waals surface area contributed by atoms with Gasteiger partial charge in [0.05, 0.1) is 17.2 Å². The number of alkyl halides is 3. The minimum atomic E-state index is -4.61. The average Bonchev–Trinajstić information content (AvgIpc) is 2.15. The number of nitrogens with two attached hydrogens (primary N) is 1. The molecular weight excluding hydrogens is 209 g/mol. The number of hydrogen-bond donors (Lipinski definition) is 1. The van der Waals surface area contributed by atoms with E-state index in [-0.39, 0.29) is 5.56 Å². The third-order valence-corrected chi connectivity index (χ3v) is 1.73. The van der Waals surface area contributed by atoms with Gasteiger partial charge >= 0.3 is 6.18 Å². The molecule has 0 saturated heterocycles. The molecule has 0 aliphatic heterocycles. The SMILES string of the molecule is N#Cc1cc(C(N)=O)ccc1C(F)(F)F. The van der Waals surface area contributed by atoms with E-state index >= 15 is 0 Å². The van der Waals surface area contributed by atoms with Crippen LogP contribution in [0.5, 0.6) is 0 Å². The molecule has 0 bridgehead atoms. The molecule has 1 amide bonds. The van der Waals surface area contributed by atoms with Crippen LogP contribution in [0, 0.1) is 11.3 Å². The minimum absolute atomic E-state index is 0.125. The van der Waals surface area contributed by atoms with Crippen molar-refractivity contribution >= 4 is 5.91 Å². The smallest absolute Gasteiger partial charge is 0.366 e. The maximum absolute atomic E-state index is 12.3. The molecule has 0 saturated carbocycles. The molecule has 0 radical (unpaired) electrons. The van der Waals surface area contributed by atoms with Gasteiger partial charge in [-0.05, 0) is 18.2 Å². The van der Waals surface area contributed by atoms with E-state index in [9.17, 15) is 18.0 Å². The summed E-state index contributed by atoms with van der Waals surface area (Å²) in [6.07, 6.45) is -4.61. The predicted molar refractivity (Wildman–Crippen MR) is 44.7 cm³/mol. The van der Waals surface area contributed by atoms with Crippen LogP contribution in [0.4, 0.5) is 13.2 Å². The summed E-state index contributed by atoms with van der Waals surface area (Å²) < 4.78 is 36.9. The fraction of sp³-hybridized carbons (Fsp3) is 0.111. The van der Waals surface area contributed by atoms with E-state index in [1.165, 1.54) is 6.07 Å². The highest BCUT2D eigenvalue weighted by Crippen LogP contribution is 2.31. The highest BCUT2D eigenvalue weighted by atomic mass is 19.4. The third-order valence-electron chi connectivity index (χ3n) is 1.73. The fourth-order valence-corrected chi connectivity index (χ4v) is 1.04. The van der Waals surface area contributed by atoms with E-state index in [1.54, 1.807) is 0 Å². The number of halogens is 3. The van der Waals surface area contributed by atoms with Gasteiger partial charge in [0.2, 0.25) is 5.91 Å². The highest BCUT2D eigenvalue weighted by Gasteiger charge is 2.33. The summed E-state index contributed by atoms with van der Waals surface area (Å²) in [6, 6.07) is 3.80. The molecular formula is C9H5F3N2O. The number of carbonyl (C=O) groups is 1. The topological polar surface area (TPSA) is 66.9 Å². The van der Waals surface area contributed by atoms with Crippen LogP contribution in [0.15, 0.2) is 18.2 Å². The molecule has 0 spiro atoms. The number of rotatable bonds is 1. The van der Waals surface area contributed by atoms with Gasteiger partial charge in [-0.15, -0.1) is 0 Å². The lowest BCUT2D eigenvalue weighted by Gasteiger charge is -2.08. The second-order valence-electron chi connectivity index (χ2n) is 2.73. The summed E-state index contributed by atoms with van der Waals surface area (Å²) in [4.78, 5) is 10.7. The minimum Gasteiger partial charge on any atom is -0.366 e. The number of amides is 1. The van der Waals surface area contributed by atoms with Crippen LogP contribution >= 0.6 is 0 Å². The Labute approximate surface area is 82.9 Å². The fourth-order valence-electron chi connectivity index (χ4n) is 1.04. The van der Waals surface area contributed by atoms with Gasteiger partial charge in [-0.2, -0.15) is 18.4 Å². The molecule has 0 aliphatic carbocycles. The molecule has 3 nitrogen and oxygen atoms in total. The Hall–Kier alpha value is -2.03. The summed E-state index contributed by atoms with van der Waals surface area (Å²) in [7, 11) is 0. The van der Waals surface area contributed by atoms with Crippen LogP contribution < -0.4 is 5.73 Å². The lowest BCUT2D eigenvalue weighted by Crippen LogP contribution is -2.13. The molecule has 6 heteroatoms. The summed E-state index contributed by atoms with van der Waals surface area (Å²) in [6.45, 7) is 0. The van der Waals surface area contributed by atoms with Crippen molar-refractivity contribution in [3.8, 4) is 6.07 Å². The number of benzene rings is 1. The van der Waals surface area contributed by atoms with E-state index in [2.05, 4.69) is 0 Å². The molecule has 0 fully saturated rings. The molecule has 0 aliphatic rings. The van der Waals surface area contributed by atoms with Gasteiger partial charge in [0.15, 0.2) is 0 Å². The van der Waals surface area contributed by atoms with Gasteiger partial charge in [0.25, 0.3) is 0 Å². The Morgan fingerprint density at radius 2 is 2.00 bits per heavy atom. The molecule has 2 N–H and O–H groups in total. The molecule has 1 aromatic carbocycles. The maximum atomic E-state index is 12.3. The first-order valence-electron chi connectivity index (χ1n) is 3.77. The molecule has 0 aromatic heterocycles. The Morgan fingerprint density at radius 3 is 2.40 bits per heavy atom. The molecule has 78 valence electrons. The van der Waals surface area contributed by atoms with Crippen molar-refractivity contribution < 1.29 is 18.0 Å². The Bertz CT molecular complexity index is 446. The average molecular weight is 214 g/mol. The van der Waals surface area contributed by atoms with Crippen molar-refractivity contribution in [2.24, 2.45) is 5.73 Å². The zero-order chi connectivity index (χ0) is 11.6. The zero-order valence-electron chi connectivity index (χ0n) is 7.30. The Balaban J connectivity index is 3.36. The Morgan fingerprint density at radius 1 is 1.40 bits per heavy atom. The Kier molecular flexibility index (Phi) is 2.66. The highest BCUT2D eigenvalue weighted by molar-refractivity contribution is 5.93. The molecule has 1 rings (SSSR count). The number of nitrogens with zero attached hydrogens (tertiary/aromatic N) is 1. The molecule has 0 unspecified atom stereocenters. The zero-order valence-corrected chi connectivity index (χ0v) is 7.30. The maximum Gasteiger partial charge on any atom is 0.417 e. The van der Waals surface area contributed by atoms with Crippen molar-refractivity contribution in [3.05, 3.63) is 34.9 Å². The van der Waals surface area contributed by atoms with Gasteiger partial charge < -0.3 is 5.73 Å². The quantitative estimate of drug-likeness (QED) is 0.772. The van der Waals surface area contributed by atoms with E-state index < -0.39 is 23.2 Å². The van der Waals surface area contributed by atoms with Crippen LogP contribution in [0.3, 0.4) is 0 Å². The summed E-state index contributed by atoms with van der Waals surface area (Å²) in [5.41, 5.74) is 3.06.